The molecule has 1 aliphatic rings. The Morgan fingerprint density at radius 2 is 1.93 bits per heavy atom. The first-order valence-electron chi connectivity index (χ1n) is 9.83. The van der Waals surface area contributed by atoms with Gasteiger partial charge in [0.2, 0.25) is 0 Å². The minimum Gasteiger partial charge on any atom is -0.382 e. The molecule has 1 saturated heterocycles. The zero-order valence-electron chi connectivity index (χ0n) is 16.9. The number of fused-ring (bicyclic) bond motifs is 1. The van der Waals surface area contributed by atoms with Crippen molar-refractivity contribution >= 4 is 27.9 Å². The summed E-state index contributed by atoms with van der Waals surface area (Å²) in [5.74, 6) is 0.408. The third kappa shape index (κ3) is 5.19. The number of alkyl halides is 3. The minimum atomic E-state index is -4.54. The highest BCUT2D eigenvalue weighted by Gasteiger charge is 2.35. The number of hydrogen-bond acceptors (Lipinski definition) is 5. The largest absolute Gasteiger partial charge is 0.417 e. The highest BCUT2D eigenvalue weighted by Crippen LogP contribution is 2.38. The number of likely N-dealkylation sites (tertiary alicyclic amines) is 1. The van der Waals surface area contributed by atoms with Crippen LogP contribution in [0.25, 0.3) is 16.3 Å². The maximum absolute atomic E-state index is 13.4. The van der Waals surface area contributed by atoms with Crippen LogP contribution in [0.2, 0.25) is 0 Å². The summed E-state index contributed by atoms with van der Waals surface area (Å²) in [6.07, 6.45) is -2.55. The Labute approximate surface area is 169 Å². The van der Waals surface area contributed by atoms with Crippen molar-refractivity contribution in [2.24, 2.45) is 0 Å². The normalized spacial score (nSPS) is 16.2. The minimum absolute atomic E-state index is 0.131. The van der Waals surface area contributed by atoms with E-state index in [1.165, 1.54) is 0 Å². The lowest BCUT2D eigenvalue weighted by Gasteiger charge is -2.30. The Bertz CT molecular complexity index is 857. The molecule has 0 unspecified atom stereocenters. The van der Waals surface area contributed by atoms with Crippen LogP contribution in [-0.4, -0.2) is 62.4 Å². The first-order chi connectivity index (χ1) is 13.8. The lowest BCUT2D eigenvalue weighted by molar-refractivity contribution is -0.0688. The van der Waals surface area contributed by atoms with Crippen LogP contribution in [0.3, 0.4) is 0 Å². The van der Waals surface area contributed by atoms with Crippen molar-refractivity contribution in [3.63, 3.8) is 0 Å². The van der Waals surface area contributed by atoms with E-state index in [9.17, 15) is 13.2 Å². The molecule has 3 N–H and O–H groups in total. The van der Waals surface area contributed by atoms with E-state index >= 15 is 0 Å². The summed E-state index contributed by atoms with van der Waals surface area (Å²) in [6.45, 7) is 6.50. The zero-order valence-corrected chi connectivity index (χ0v) is 16.9. The van der Waals surface area contributed by atoms with Gasteiger partial charge in [-0.2, -0.15) is 13.2 Å². The summed E-state index contributed by atoms with van der Waals surface area (Å²) in [6, 6.07) is 7.46. The number of hydrogen-bond donors (Lipinski definition) is 3. The van der Waals surface area contributed by atoms with Gasteiger partial charge in [-0.1, -0.05) is 18.7 Å². The van der Waals surface area contributed by atoms with Crippen LogP contribution in [0, 0.1) is 0 Å². The molecule has 0 spiro atoms. The van der Waals surface area contributed by atoms with E-state index in [1.54, 1.807) is 12.1 Å². The van der Waals surface area contributed by atoms with E-state index in [1.807, 2.05) is 19.2 Å². The number of halogens is 3. The highest BCUT2D eigenvalue weighted by atomic mass is 19.4. The van der Waals surface area contributed by atoms with Crippen LogP contribution < -0.4 is 16.0 Å². The summed E-state index contributed by atoms with van der Waals surface area (Å²) < 4.78 is 40.3. The van der Waals surface area contributed by atoms with Crippen molar-refractivity contribution in [2.75, 3.05) is 50.9 Å². The van der Waals surface area contributed by atoms with Crippen LogP contribution >= 0.6 is 0 Å². The molecular formula is C21H28F3N5. The summed E-state index contributed by atoms with van der Waals surface area (Å²) in [7, 11) is 3.91. The molecule has 5 nitrogen and oxygen atoms in total. The first kappa shape index (κ1) is 21.4. The number of aromatic nitrogens is 1. The van der Waals surface area contributed by atoms with Crippen LogP contribution in [0.5, 0.6) is 0 Å². The highest BCUT2D eigenvalue weighted by molar-refractivity contribution is 6.01. The van der Waals surface area contributed by atoms with Gasteiger partial charge in [-0.3, -0.25) is 0 Å². The van der Waals surface area contributed by atoms with Crippen LogP contribution in [0.15, 0.2) is 30.8 Å². The Balaban J connectivity index is 2.01. The molecule has 2 aromatic rings. The van der Waals surface area contributed by atoms with Gasteiger partial charge in [0.05, 0.1) is 11.3 Å². The SMILES string of the molecule is C=C(c1nc(NCCNC)cc2c(NC3CCN(C)CC3)cccc12)C(F)(F)F. The smallest absolute Gasteiger partial charge is 0.382 e. The van der Waals surface area contributed by atoms with E-state index in [0.29, 0.717) is 35.7 Å². The first-order valence-corrected chi connectivity index (χ1v) is 9.83. The molecule has 1 aromatic heterocycles. The van der Waals surface area contributed by atoms with Gasteiger partial charge in [-0.15, -0.1) is 0 Å². The fraction of sp³-hybridized carbons (Fsp3) is 0.476. The van der Waals surface area contributed by atoms with Gasteiger partial charge in [-0.25, -0.2) is 4.98 Å². The standard InChI is InChI=1S/C21H28F3N5/c1-14(21(22,23)24)20-16-5-4-6-18(27-15-7-11-29(3)12-8-15)17(16)13-19(28-20)26-10-9-25-2/h4-6,13,15,25,27H,1,7-12H2,2-3H3,(H,26,28). The second-order valence-electron chi connectivity index (χ2n) is 7.49. The molecule has 8 heteroatoms. The Hall–Kier alpha value is -2.32. The Kier molecular flexibility index (Phi) is 6.64. The average Bonchev–Trinajstić information content (AvgIpc) is 2.68. The van der Waals surface area contributed by atoms with Crippen molar-refractivity contribution < 1.29 is 13.2 Å². The molecule has 0 bridgehead atoms. The summed E-state index contributed by atoms with van der Waals surface area (Å²) in [4.78, 5) is 6.52. The molecule has 1 aromatic carbocycles. The second-order valence-corrected chi connectivity index (χ2v) is 7.49. The molecule has 0 saturated carbocycles. The van der Waals surface area contributed by atoms with Crippen molar-refractivity contribution in [3.05, 3.63) is 36.5 Å². The van der Waals surface area contributed by atoms with Gasteiger partial charge in [0.1, 0.15) is 5.82 Å². The quantitative estimate of drug-likeness (QED) is 0.607. The van der Waals surface area contributed by atoms with Crippen molar-refractivity contribution in [1.29, 1.82) is 0 Å². The monoisotopic (exact) mass is 407 g/mol. The maximum Gasteiger partial charge on any atom is 0.417 e. The summed E-state index contributed by atoms with van der Waals surface area (Å²) in [5.41, 5.74) is -0.238. The molecule has 0 aliphatic carbocycles. The fourth-order valence-electron chi connectivity index (χ4n) is 3.55. The number of benzene rings is 1. The Morgan fingerprint density at radius 1 is 1.21 bits per heavy atom. The molecule has 1 aliphatic heterocycles. The molecule has 0 radical (unpaired) electrons. The van der Waals surface area contributed by atoms with E-state index in [0.717, 1.165) is 31.6 Å². The zero-order chi connectivity index (χ0) is 21.0. The molecular weight excluding hydrogens is 379 g/mol. The summed E-state index contributed by atoms with van der Waals surface area (Å²) >= 11 is 0. The lowest BCUT2D eigenvalue weighted by Crippen LogP contribution is -2.36. The molecule has 3 rings (SSSR count). The number of rotatable bonds is 7. The number of nitrogens with one attached hydrogen (secondary N) is 3. The van der Waals surface area contributed by atoms with Crippen molar-refractivity contribution in [2.45, 2.75) is 25.1 Å². The van der Waals surface area contributed by atoms with E-state index in [4.69, 9.17) is 0 Å². The van der Waals surface area contributed by atoms with Crippen molar-refractivity contribution in [1.82, 2.24) is 15.2 Å². The van der Waals surface area contributed by atoms with Crippen LogP contribution in [0.1, 0.15) is 18.5 Å². The molecule has 0 amide bonds. The van der Waals surface area contributed by atoms with E-state index in [-0.39, 0.29) is 5.69 Å². The lowest BCUT2D eigenvalue weighted by atomic mass is 10.0. The predicted molar refractivity (Wildman–Crippen MR) is 113 cm³/mol. The second kappa shape index (κ2) is 9.00. The fourth-order valence-corrected chi connectivity index (χ4v) is 3.55. The topological polar surface area (TPSA) is 52.2 Å². The molecule has 2 heterocycles. The van der Waals surface area contributed by atoms with Gasteiger partial charge < -0.3 is 20.9 Å². The summed E-state index contributed by atoms with van der Waals surface area (Å²) in [5, 5.41) is 10.8. The Morgan fingerprint density at radius 3 is 2.59 bits per heavy atom. The average molecular weight is 407 g/mol. The van der Waals surface area contributed by atoms with Gasteiger partial charge in [-0.05, 0) is 52.2 Å². The molecule has 158 valence electrons. The van der Waals surface area contributed by atoms with Crippen molar-refractivity contribution in [3.8, 4) is 0 Å². The third-order valence-corrected chi connectivity index (χ3v) is 5.26. The van der Waals surface area contributed by atoms with Gasteiger partial charge in [0.15, 0.2) is 0 Å². The molecule has 29 heavy (non-hydrogen) atoms. The number of allylic oxidation sites excluding steroid dienone is 1. The predicted octanol–water partition coefficient (Wildman–Crippen LogP) is 3.95. The van der Waals surface area contributed by atoms with Crippen LogP contribution in [-0.2, 0) is 0 Å². The van der Waals surface area contributed by atoms with E-state index in [2.05, 4.69) is 39.5 Å². The molecule has 0 atom stereocenters. The molecule has 1 fully saturated rings. The van der Waals surface area contributed by atoms with Crippen LogP contribution in [0.4, 0.5) is 24.7 Å². The van der Waals surface area contributed by atoms with Gasteiger partial charge in [0, 0.05) is 35.6 Å². The van der Waals surface area contributed by atoms with Gasteiger partial charge >= 0.3 is 6.18 Å². The number of likely N-dealkylation sites (N-methyl/N-ethyl adjacent to an activating group) is 1. The number of anilines is 2. The number of nitrogens with zero attached hydrogens (tertiary/aromatic N) is 2. The maximum atomic E-state index is 13.4. The van der Waals surface area contributed by atoms with E-state index < -0.39 is 11.7 Å². The number of piperidine rings is 1. The van der Waals surface area contributed by atoms with Gasteiger partial charge in [0.25, 0.3) is 0 Å². The third-order valence-electron chi connectivity index (χ3n) is 5.26. The number of pyridine rings is 1.